The number of nitrogens with one attached hydrogen (secondary N) is 1. The second-order valence-corrected chi connectivity index (χ2v) is 6.69. The van der Waals surface area contributed by atoms with E-state index in [1.54, 1.807) is 0 Å². The van der Waals surface area contributed by atoms with Gasteiger partial charge in [-0.3, -0.25) is 4.79 Å². The van der Waals surface area contributed by atoms with Gasteiger partial charge in [0.25, 0.3) is 0 Å². The van der Waals surface area contributed by atoms with E-state index in [9.17, 15) is 4.79 Å². The third-order valence-corrected chi connectivity index (χ3v) is 3.77. The molecule has 2 atom stereocenters. The molecular weight excluding hydrogens is 266 g/mol. The summed E-state index contributed by atoms with van der Waals surface area (Å²) >= 11 is 0. The highest BCUT2D eigenvalue weighted by Gasteiger charge is 2.36. The first-order valence-electron chi connectivity index (χ1n) is 8.20. The van der Waals surface area contributed by atoms with E-state index in [0.29, 0.717) is 19.1 Å². The number of likely N-dealkylation sites (N-methyl/N-ethyl adjacent to an activating group) is 1. The van der Waals surface area contributed by atoms with Crippen molar-refractivity contribution in [1.82, 2.24) is 15.1 Å². The van der Waals surface area contributed by atoms with E-state index in [-0.39, 0.29) is 17.9 Å². The van der Waals surface area contributed by atoms with Gasteiger partial charge in [0.15, 0.2) is 0 Å². The van der Waals surface area contributed by atoms with E-state index in [4.69, 9.17) is 4.74 Å². The fourth-order valence-electron chi connectivity index (χ4n) is 2.62. The van der Waals surface area contributed by atoms with Gasteiger partial charge in [0, 0.05) is 25.7 Å². The number of hydrogen-bond donors (Lipinski definition) is 1. The minimum Gasteiger partial charge on any atom is -0.379 e. The summed E-state index contributed by atoms with van der Waals surface area (Å²) in [5.41, 5.74) is 0. The average Bonchev–Trinajstić information content (AvgIpc) is 2.88. The Morgan fingerprint density at radius 3 is 2.57 bits per heavy atom. The van der Waals surface area contributed by atoms with Gasteiger partial charge >= 0.3 is 0 Å². The summed E-state index contributed by atoms with van der Waals surface area (Å²) in [6.07, 6.45) is 1.08. The van der Waals surface area contributed by atoms with E-state index < -0.39 is 0 Å². The molecule has 0 aromatic heterocycles. The molecule has 1 heterocycles. The molecule has 1 amide bonds. The molecule has 1 rings (SSSR count). The number of ether oxygens (including phenoxy) is 1. The van der Waals surface area contributed by atoms with Crippen molar-refractivity contribution in [3.8, 4) is 0 Å². The van der Waals surface area contributed by atoms with Crippen LogP contribution in [0.15, 0.2) is 0 Å². The van der Waals surface area contributed by atoms with Gasteiger partial charge in [-0.2, -0.15) is 0 Å². The molecule has 1 aliphatic heterocycles. The zero-order valence-electron chi connectivity index (χ0n) is 14.4. The SMILES string of the molecule is CCCNC1COCC1C(=O)N(CCN(C)C)CC(C)C. The molecule has 1 aliphatic rings. The van der Waals surface area contributed by atoms with Crippen LogP contribution in [0.2, 0.25) is 0 Å². The molecule has 1 fully saturated rings. The highest BCUT2D eigenvalue weighted by atomic mass is 16.5. The Bertz CT molecular complexity index is 308. The maximum absolute atomic E-state index is 12.9. The quantitative estimate of drug-likeness (QED) is 0.691. The topological polar surface area (TPSA) is 44.8 Å². The molecule has 5 heteroatoms. The number of amides is 1. The number of nitrogens with zero attached hydrogens (tertiary/aromatic N) is 2. The lowest BCUT2D eigenvalue weighted by atomic mass is 10.0. The van der Waals surface area contributed by atoms with Crippen LogP contribution in [0.3, 0.4) is 0 Å². The van der Waals surface area contributed by atoms with Crippen LogP contribution in [0.4, 0.5) is 0 Å². The summed E-state index contributed by atoms with van der Waals surface area (Å²) in [4.78, 5) is 17.0. The molecule has 0 saturated carbocycles. The van der Waals surface area contributed by atoms with Gasteiger partial charge in [-0.1, -0.05) is 20.8 Å². The van der Waals surface area contributed by atoms with Gasteiger partial charge in [-0.05, 0) is 33.0 Å². The second kappa shape index (κ2) is 9.38. The zero-order valence-corrected chi connectivity index (χ0v) is 14.4. The summed E-state index contributed by atoms with van der Waals surface area (Å²) in [5, 5.41) is 3.45. The lowest BCUT2D eigenvalue weighted by Crippen LogP contribution is -2.48. The third kappa shape index (κ3) is 6.32. The van der Waals surface area contributed by atoms with Crippen LogP contribution in [0.1, 0.15) is 27.2 Å². The molecular formula is C16H33N3O2. The zero-order chi connectivity index (χ0) is 15.8. The first kappa shape index (κ1) is 18.4. The normalized spacial score (nSPS) is 22.2. The molecule has 2 unspecified atom stereocenters. The molecule has 1 saturated heterocycles. The van der Waals surface area contributed by atoms with E-state index in [1.165, 1.54) is 0 Å². The van der Waals surface area contributed by atoms with Crippen LogP contribution < -0.4 is 5.32 Å². The fourth-order valence-corrected chi connectivity index (χ4v) is 2.62. The molecule has 0 aromatic carbocycles. The molecule has 0 bridgehead atoms. The van der Waals surface area contributed by atoms with Crippen molar-refractivity contribution in [3.05, 3.63) is 0 Å². The molecule has 21 heavy (non-hydrogen) atoms. The Kier molecular flexibility index (Phi) is 8.22. The number of carbonyl (C=O) groups excluding carboxylic acids is 1. The largest absolute Gasteiger partial charge is 0.379 e. The smallest absolute Gasteiger partial charge is 0.229 e. The maximum Gasteiger partial charge on any atom is 0.229 e. The van der Waals surface area contributed by atoms with Gasteiger partial charge in [0.1, 0.15) is 0 Å². The number of carbonyl (C=O) groups is 1. The predicted molar refractivity (Wildman–Crippen MR) is 86.4 cm³/mol. The summed E-state index contributed by atoms with van der Waals surface area (Å²) in [7, 11) is 4.09. The summed E-state index contributed by atoms with van der Waals surface area (Å²) < 4.78 is 5.55. The number of rotatable bonds is 9. The van der Waals surface area contributed by atoms with Gasteiger partial charge < -0.3 is 19.9 Å². The Balaban J connectivity index is 2.64. The van der Waals surface area contributed by atoms with Crippen molar-refractivity contribution in [2.24, 2.45) is 11.8 Å². The fraction of sp³-hybridized carbons (Fsp3) is 0.938. The second-order valence-electron chi connectivity index (χ2n) is 6.69. The first-order valence-corrected chi connectivity index (χ1v) is 8.20. The third-order valence-electron chi connectivity index (χ3n) is 3.77. The Hall–Kier alpha value is -0.650. The molecule has 5 nitrogen and oxygen atoms in total. The van der Waals surface area contributed by atoms with E-state index >= 15 is 0 Å². The van der Waals surface area contributed by atoms with E-state index in [1.807, 2.05) is 19.0 Å². The molecule has 0 aromatic rings. The lowest BCUT2D eigenvalue weighted by molar-refractivity contribution is -0.136. The lowest BCUT2D eigenvalue weighted by Gasteiger charge is -2.30. The van der Waals surface area contributed by atoms with Crippen molar-refractivity contribution in [3.63, 3.8) is 0 Å². The summed E-state index contributed by atoms with van der Waals surface area (Å²) in [6.45, 7) is 11.1. The molecule has 124 valence electrons. The van der Waals surface area contributed by atoms with Crippen LogP contribution in [-0.4, -0.2) is 75.2 Å². The predicted octanol–water partition coefficient (Wildman–Crippen LogP) is 1.05. The van der Waals surface area contributed by atoms with Gasteiger partial charge in [0.2, 0.25) is 5.91 Å². The highest BCUT2D eigenvalue weighted by molar-refractivity contribution is 5.80. The summed E-state index contributed by atoms with van der Waals surface area (Å²) in [5.74, 6) is 0.703. The summed E-state index contributed by atoms with van der Waals surface area (Å²) in [6, 6.07) is 0.173. The number of hydrogen-bond acceptors (Lipinski definition) is 4. The Morgan fingerprint density at radius 2 is 2.00 bits per heavy atom. The van der Waals surface area contributed by atoms with Crippen molar-refractivity contribution in [1.29, 1.82) is 0 Å². The standard InChI is InChI=1S/C16H33N3O2/c1-6-7-17-15-12-21-11-14(15)16(20)19(10-13(2)3)9-8-18(4)5/h13-15,17H,6-12H2,1-5H3. The molecule has 0 aliphatic carbocycles. The van der Waals surface area contributed by atoms with Gasteiger partial charge in [-0.25, -0.2) is 0 Å². The average molecular weight is 299 g/mol. The molecule has 1 N–H and O–H groups in total. The van der Waals surface area contributed by atoms with Crippen LogP contribution in [-0.2, 0) is 9.53 Å². The molecule has 0 radical (unpaired) electrons. The minimum absolute atomic E-state index is 0.0301. The van der Waals surface area contributed by atoms with Crippen molar-refractivity contribution >= 4 is 5.91 Å². The van der Waals surface area contributed by atoms with E-state index in [2.05, 4.69) is 31.0 Å². The van der Waals surface area contributed by atoms with E-state index in [0.717, 1.165) is 32.6 Å². The first-order chi connectivity index (χ1) is 9.95. The highest BCUT2D eigenvalue weighted by Crippen LogP contribution is 2.18. The van der Waals surface area contributed by atoms with Crippen LogP contribution >= 0.6 is 0 Å². The maximum atomic E-state index is 12.9. The monoisotopic (exact) mass is 299 g/mol. The minimum atomic E-state index is -0.0301. The Morgan fingerprint density at radius 1 is 1.29 bits per heavy atom. The van der Waals surface area contributed by atoms with Crippen LogP contribution in [0, 0.1) is 11.8 Å². The molecule has 0 spiro atoms. The van der Waals surface area contributed by atoms with Crippen molar-refractivity contribution in [2.45, 2.75) is 33.2 Å². The van der Waals surface area contributed by atoms with Crippen LogP contribution in [0.25, 0.3) is 0 Å². The van der Waals surface area contributed by atoms with Gasteiger partial charge in [-0.15, -0.1) is 0 Å². The van der Waals surface area contributed by atoms with Gasteiger partial charge in [0.05, 0.1) is 19.1 Å². The Labute approximate surface area is 130 Å². The van der Waals surface area contributed by atoms with Crippen molar-refractivity contribution < 1.29 is 9.53 Å². The van der Waals surface area contributed by atoms with Crippen molar-refractivity contribution in [2.75, 3.05) is 53.5 Å². The van der Waals surface area contributed by atoms with Crippen LogP contribution in [0.5, 0.6) is 0 Å².